The number of hydrogen-bond acceptors (Lipinski definition) is 4. The first-order chi connectivity index (χ1) is 16.0. The minimum Gasteiger partial charge on any atom is -0.390 e. The zero-order valence-corrected chi connectivity index (χ0v) is 21.5. The number of pyridine rings is 1. The molecule has 1 saturated heterocycles. The van der Waals surface area contributed by atoms with Crippen LogP contribution in [0.25, 0.3) is 5.82 Å². The summed E-state index contributed by atoms with van der Waals surface area (Å²) in [6.45, 7) is 11.5. The number of aliphatic hydroxyl groups excluding tert-OH is 1. The first-order valence-electron chi connectivity index (χ1n) is 11.8. The van der Waals surface area contributed by atoms with Crippen LogP contribution >= 0.6 is 11.6 Å². The predicted octanol–water partition coefficient (Wildman–Crippen LogP) is 6.10. The number of allylic oxidation sites excluding steroid dienone is 4. The third-order valence-corrected chi connectivity index (χ3v) is 7.32. The van der Waals surface area contributed by atoms with Crippen LogP contribution in [0.4, 0.5) is 8.78 Å². The van der Waals surface area contributed by atoms with Gasteiger partial charge in [0.05, 0.1) is 12.3 Å². The van der Waals surface area contributed by atoms with E-state index in [4.69, 9.17) is 11.6 Å². The van der Waals surface area contributed by atoms with E-state index in [-0.39, 0.29) is 17.8 Å². The standard InChI is InChI=1S/C26H35ClF2N4O/c1-6-26(5,29)21(14-18(2)27)19(3)25(4)9-12-32(13-10-25)15-20-16-33(31-23(20)17-34)24-22(28)8-7-11-30-24/h7-8,11,14,16,34H,6,9-10,12-13,15,17H2,1-5H3. The Kier molecular flexibility index (Phi) is 8.32. The van der Waals surface area contributed by atoms with Gasteiger partial charge in [-0.15, -0.1) is 0 Å². The van der Waals surface area contributed by atoms with Crippen LogP contribution in [0.2, 0.25) is 0 Å². The average Bonchev–Trinajstić information content (AvgIpc) is 3.21. The molecule has 1 N–H and O–H groups in total. The van der Waals surface area contributed by atoms with E-state index in [1.807, 2.05) is 13.8 Å². The van der Waals surface area contributed by atoms with Crippen LogP contribution in [0.5, 0.6) is 0 Å². The summed E-state index contributed by atoms with van der Waals surface area (Å²) in [5, 5.41) is 14.7. The summed E-state index contributed by atoms with van der Waals surface area (Å²) in [6.07, 6.45) is 7.14. The lowest BCUT2D eigenvalue weighted by Gasteiger charge is -2.42. The van der Waals surface area contributed by atoms with Gasteiger partial charge in [-0.3, -0.25) is 4.90 Å². The van der Waals surface area contributed by atoms with Crippen LogP contribution in [0.1, 0.15) is 65.1 Å². The highest BCUT2D eigenvalue weighted by Crippen LogP contribution is 2.44. The van der Waals surface area contributed by atoms with Crippen molar-refractivity contribution in [2.24, 2.45) is 5.41 Å². The summed E-state index contributed by atoms with van der Waals surface area (Å²) in [7, 11) is 0. The van der Waals surface area contributed by atoms with E-state index in [2.05, 4.69) is 21.9 Å². The number of halogens is 3. The molecule has 3 heterocycles. The van der Waals surface area contributed by atoms with Crippen LogP contribution in [-0.2, 0) is 13.2 Å². The Morgan fingerprint density at radius 2 is 2.00 bits per heavy atom. The molecule has 2 aromatic heterocycles. The largest absolute Gasteiger partial charge is 0.390 e. The number of rotatable bonds is 8. The molecule has 1 unspecified atom stereocenters. The number of aliphatic hydroxyl groups is 1. The maximum absolute atomic E-state index is 15.4. The summed E-state index contributed by atoms with van der Waals surface area (Å²) in [6, 6.07) is 2.86. The second kappa shape index (κ2) is 10.7. The van der Waals surface area contributed by atoms with Gasteiger partial charge in [-0.1, -0.05) is 31.0 Å². The van der Waals surface area contributed by atoms with Gasteiger partial charge in [0.1, 0.15) is 5.67 Å². The Morgan fingerprint density at radius 3 is 2.56 bits per heavy atom. The van der Waals surface area contributed by atoms with E-state index in [1.54, 1.807) is 26.1 Å². The lowest BCUT2D eigenvalue weighted by atomic mass is 9.70. The molecule has 0 bridgehead atoms. The van der Waals surface area contributed by atoms with Gasteiger partial charge >= 0.3 is 0 Å². The molecule has 0 aliphatic carbocycles. The van der Waals surface area contributed by atoms with E-state index < -0.39 is 11.5 Å². The molecule has 1 aliphatic rings. The van der Waals surface area contributed by atoms with E-state index >= 15 is 4.39 Å². The van der Waals surface area contributed by atoms with Crippen LogP contribution in [0.15, 0.2) is 46.8 Å². The first kappa shape index (κ1) is 26.5. The molecule has 186 valence electrons. The van der Waals surface area contributed by atoms with Gasteiger partial charge in [0.2, 0.25) is 0 Å². The van der Waals surface area contributed by atoms with Crippen molar-refractivity contribution in [3.05, 3.63) is 63.9 Å². The zero-order chi connectivity index (χ0) is 25.1. The van der Waals surface area contributed by atoms with Gasteiger partial charge in [-0.05, 0) is 82.3 Å². The third kappa shape index (κ3) is 5.75. The van der Waals surface area contributed by atoms with E-state index in [1.165, 1.54) is 23.0 Å². The van der Waals surface area contributed by atoms with Crippen molar-refractivity contribution in [3.8, 4) is 5.82 Å². The van der Waals surface area contributed by atoms with Crippen molar-refractivity contribution in [2.75, 3.05) is 13.1 Å². The fraction of sp³-hybridized carbons (Fsp3) is 0.538. The SMILES string of the molecule is CCC(C)(F)C(C=C(C)Cl)=C(C)C1(C)CCN(Cc2cn(-c3ncccc3F)nc2CO)CC1. The van der Waals surface area contributed by atoms with Crippen molar-refractivity contribution in [2.45, 2.75) is 72.7 Å². The lowest BCUT2D eigenvalue weighted by Crippen LogP contribution is -2.40. The van der Waals surface area contributed by atoms with Gasteiger partial charge in [0, 0.05) is 29.5 Å². The molecule has 2 aromatic rings. The highest BCUT2D eigenvalue weighted by Gasteiger charge is 2.37. The van der Waals surface area contributed by atoms with E-state index in [0.717, 1.165) is 37.1 Å². The van der Waals surface area contributed by atoms with Crippen molar-refractivity contribution < 1.29 is 13.9 Å². The second-order valence-electron chi connectivity index (χ2n) is 9.67. The van der Waals surface area contributed by atoms with Crippen molar-refractivity contribution in [1.29, 1.82) is 0 Å². The van der Waals surface area contributed by atoms with Crippen LogP contribution < -0.4 is 0 Å². The molecule has 0 amide bonds. The highest BCUT2D eigenvalue weighted by molar-refractivity contribution is 6.29. The number of alkyl halides is 1. The minimum atomic E-state index is -1.44. The Bertz CT molecular complexity index is 1060. The number of aromatic nitrogens is 3. The van der Waals surface area contributed by atoms with E-state index in [9.17, 15) is 9.50 Å². The Morgan fingerprint density at radius 1 is 1.32 bits per heavy atom. The summed E-state index contributed by atoms with van der Waals surface area (Å²) in [5.74, 6) is -0.364. The zero-order valence-electron chi connectivity index (χ0n) is 20.7. The molecule has 0 saturated carbocycles. The first-order valence-corrected chi connectivity index (χ1v) is 12.1. The van der Waals surface area contributed by atoms with Gasteiger partial charge in [0.25, 0.3) is 0 Å². The fourth-order valence-corrected chi connectivity index (χ4v) is 4.66. The topological polar surface area (TPSA) is 54.2 Å². The summed E-state index contributed by atoms with van der Waals surface area (Å²) in [4.78, 5) is 6.36. The molecule has 34 heavy (non-hydrogen) atoms. The number of hydrogen-bond donors (Lipinski definition) is 1. The summed E-state index contributed by atoms with van der Waals surface area (Å²) < 4.78 is 30.9. The van der Waals surface area contributed by atoms with Crippen molar-refractivity contribution in [3.63, 3.8) is 0 Å². The summed E-state index contributed by atoms with van der Waals surface area (Å²) >= 11 is 6.16. The van der Waals surface area contributed by atoms with Gasteiger partial charge in [-0.2, -0.15) is 5.10 Å². The predicted molar refractivity (Wildman–Crippen MR) is 132 cm³/mol. The van der Waals surface area contributed by atoms with Gasteiger partial charge in [0.15, 0.2) is 11.6 Å². The molecule has 1 atom stereocenters. The van der Waals surface area contributed by atoms with Gasteiger partial charge in [-0.25, -0.2) is 18.4 Å². The van der Waals surface area contributed by atoms with E-state index in [0.29, 0.717) is 29.3 Å². The maximum Gasteiger partial charge on any atom is 0.189 e. The van der Waals surface area contributed by atoms with Crippen LogP contribution in [0, 0.1) is 11.2 Å². The number of nitrogens with zero attached hydrogens (tertiary/aromatic N) is 4. The average molecular weight is 493 g/mol. The molecular formula is C26H35ClF2N4O. The van der Waals surface area contributed by atoms with Crippen LogP contribution in [0.3, 0.4) is 0 Å². The maximum atomic E-state index is 15.4. The highest BCUT2D eigenvalue weighted by atomic mass is 35.5. The smallest absolute Gasteiger partial charge is 0.189 e. The molecule has 8 heteroatoms. The second-order valence-corrected chi connectivity index (χ2v) is 10.3. The molecule has 5 nitrogen and oxygen atoms in total. The monoisotopic (exact) mass is 492 g/mol. The molecule has 0 aromatic carbocycles. The normalized spacial score (nSPS) is 19.6. The molecule has 0 radical (unpaired) electrons. The number of likely N-dealkylation sites (tertiary alicyclic amines) is 1. The third-order valence-electron chi connectivity index (χ3n) is 7.21. The fourth-order valence-electron chi connectivity index (χ4n) is 4.55. The van der Waals surface area contributed by atoms with Crippen molar-refractivity contribution >= 4 is 11.6 Å². The molecular weight excluding hydrogens is 458 g/mol. The molecule has 1 aliphatic heterocycles. The molecule has 3 rings (SSSR count). The number of piperidine rings is 1. The molecule has 0 spiro atoms. The summed E-state index contributed by atoms with van der Waals surface area (Å²) in [5.41, 5.74) is 1.50. The van der Waals surface area contributed by atoms with Crippen molar-refractivity contribution in [1.82, 2.24) is 19.7 Å². The lowest BCUT2D eigenvalue weighted by molar-refractivity contribution is 0.133. The minimum absolute atomic E-state index is 0.107. The van der Waals surface area contributed by atoms with Crippen LogP contribution in [-0.4, -0.2) is 43.5 Å². The Balaban J connectivity index is 1.78. The molecule has 1 fully saturated rings. The quantitative estimate of drug-likeness (QED) is 0.452. The Hall–Kier alpha value is -2.09. The van der Waals surface area contributed by atoms with Gasteiger partial charge < -0.3 is 5.11 Å². The Labute approximate surface area is 206 Å².